The first-order valence-corrected chi connectivity index (χ1v) is 10.8. The number of para-hydroxylation sites is 1. The molecule has 0 radical (unpaired) electrons. The number of hydrogen-bond acceptors (Lipinski definition) is 4. The lowest BCUT2D eigenvalue weighted by atomic mass is 10.1. The molecule has 8 heteroatoms. The van der Waals surface area contributed by atoms with Crippen LogP contribution in [-0.2, 0) is 16.0 Å². The third-order valence-electron chi connectivity index (χ3n) is 5.90. The van der Waals surface area contributed by atoms with Crippen LogP contribution in [0.15, 0.2) is 54.6 Å². The molecule has 2 amide bonds. The first-order chi connectivity index (χ1) is 15.8. The van der Waals surface area contributed by atoms with Crippen LogP contribution in [0.1, 0.15) is 27.3 Å². The SMILES string of the molecule is Cc1nn(-c2ccccc2)c(C)c1C(=O)C(=O)N1CCN(C(=O)Cc2ccc(F)cc2)CC1. The summed E-state index contributed by atoms with van der Waals surface area (Å²) in [5, 5.41) is 4.46. The van der Waals surface area contributed by atoms with Gasteiger partial charge in [-0.2, -0.15) is 5.10 Å². The molecule has 2 heterocycles. The van der Waals surface area contributed by atoms with Crippen molar-refractivity contribution >= 4 is 17.6 Å². The summed E-state index contributed by atoms with van der Waals surface area (Å²) in [6.07, 6.45) is 0.171. The van der Waals surface area contributed by atoms with Gasteiger partial charge in [0.25, 0.3) is 11.7 Å². The van der Waals surface area contributed by atoms with E-state index in [2.05, 4.69) is 5.10 Å². The third-order valence-corrected chi connectivity index (χ3v) is 5.90. The Labute approximate surface area is 191 Å². The molecule has 0 spiro atoms. The van der Waals surface area contributed by atoms with E-state index in [0.29, 0.717) is 30.0 Å². The average Bonchev–Trinajstić information content (AvgIpc) is 3.14. The summed E-state index contributed by atoms with van der Waals surface area (Å²) in [6, 6.07) is 15.3. The van der Waals surface area contributed by atoms with Crippen molar-refractivity contribution < 1.29 is 18.8 Å². The molecular weight excluding hydrogens is 423 g/mol. The largest absolute Gasteiger partial charge is 0.339 e. The minimum atomic E-state index is -0.585. The second-order valence-electron chi connectivity index (χ2n) is 8.10. The Balaban J connectivity index is 1.40. The summed E-state index contributed by atoms with van der Waals surface area (Å²) >= 11 is 0. The lowest BCUT2D eigenvalue weighted by molar-refractivity contribution is -0.136. The molecule has 170 valence electrons. The molecule has 33 heavy (non-hydrogen) atoms. The smallest absolute Gasteiger partial charge is 0.295 e. The third kappa shape index (κ3) is 4.69. The van der Waals surface area contributed by atoms with Crippen molar-refractivity contribution in [3.63, 3.8) is 0 Å². The fourth-order valence-corrected chi connectivity index (χ4v) is 4.09. The highest BCUT2D eigenvalue weighted by Gasteiger charge is 2.31. The maximum atomic E-state index is 13.1. The van der Waals surface area contributed by atoms with Crippen molar-refractivity contribution in [2.24, 2.45) is 0 Å². The van der Waals surface area contributed by atoms with Gasteiger partial charge in [-0.15, -0.1) is 0 Å². The minimum absolute atomic E-state index is 0.0872. The second-order valence-corrected chi connectivity index (χ2v) is 8.10. The van der Waals surface area contributed by atoms with Gasteiger partial charge in [-0.05, 0) is 43.7 Å². The molecule has 0 saturated carbocycles. The van der Waals surface area contributed by atoms with E-state index in [1.807, 2.05) is 30.3 Å². The highest BCUT2D eigenvalue weighted by Crippen LogP contribution is 2.20. The zero-order valence-electron chi connectivity index (χ0n) is 18.6. The molecule has 1 fully saturated rings. The lowest BCUT2D eigenvalue weighted by Gasteiger charge is -2.34. The van der Waals surface area contributed by atoms with Crippen molar-refractivity contribution in [1.82, 2.24) is 19.6 Å². The molecule has 1 aliphatic rings. The maximum absolute atomic E-state index is 13.1. The van der Waals surface area contributed by atoms with Crippen LogP contribution in [0, 0.1) is 19.7 Å². The summed E-state index contributed by atoms with van der Waals surface area (Å²) in [5.74, 6) is -1.60. The molecule has 7 nitrogen and oxygen atoms in total. The summed E-state index contributed by atoms with van der Waals surface area (Å²) in [4.78, 5) is 41.7. The van der Waals surface area contributed by atoms with Crippen LogP contribution in [0.4, 0.5) is 4.39 Å². The van der Waals surface area contributed by atoms with Crippen molar-refractivity contribution in [2.75, 3.05) is 26.2 Å². The number of halogens is 1. The quantitative estimate of drug-likeness (QED) is 0.444. The van der Waals surface area contributed by atoms with E-state index in [0.717, 1.165) is 11.3 Å². The highest BCUT2D eigenvalue weighted by atomic mass is 19.1. The van der Waals surface area contributed by atoms with E-state index in [1.54, 1.807) is 35.6 Å². The summed E-state index contributed by atoms with van der Waals surface area (Å²) < 4.78 is 14.7. The Hall–Kier alpha value is -3.81. The van der Waals surface area contributed by atoms with Gasteiger partial charge in [0.15, 0.2) is 0 Å². The average molecular weight is 448 g/mol. The van der Waals surface area contributed by atoms with Crippen LogP contribution in [0.5, 0.6) is 0 Å². The van der Waals surface area contributed by atoms with Crippen molar-refractivity contribution in [3.8, 4) is 5.69 Å². The number of rotatable bonds is 5. The molecule has 2 aromatic carbocycles. The minimum Gasteiger partial charge on any atom is -0.339 e. The van der Waals surface area contributed by atoms with E-state index in [4.69, 9.17) is 0 Å². The maximum Gasteiger partial charge on any atom is 0.295 e. The predicted molar refractivity (Wildman–Crippen MR) is 121 cm³/mol. The van der Waals surface area contributed by atoms with Crippen molar-refractivity contribution in [2.45, 2.75) is 20.3 Å². The number of nitrogens with zero attached hydrogens (tertiary/aromatic N) is 4. The molecule has 4 rings (SSSR count). The monoisotopic (exact) mass is 448 g/mol. The number of amides is 2. The number of aromatic nitrogens is 2. The summed E-state index contributed by atoms with van der Waals surface area (Å²) in [7, 11) is 0. The van der Waals surface area contributed by atoms with Gasteiger partial charge in [-0.3, -0.25) is 14.4 Å². The normalized spacial score (nSPS) is 13.8. The highest BCUT2D eigenvalue weighted by molar-refractivity contribution is 6.43. The Kier molecular flexibility index (Phi) is 6.35. The van der Waals surface area contributed by atoms with Crippen LogP contribution < -0.4 is 0 Å². The topological polar surface area (TPSA) is 75.5 Å². The van der Waals surface area contributed by atoms with E-state index < -0.39 is 11.7 Å². The molecule has 0 bridgehead atoms. The number of hydrogen-bond donors (Lipinski definition) is 0. The van der Waals surface area contributed by atoms with Crippen LogP contribution in [0.3, 0.4) is 0 Å². The second kappa shape index (κ2) is 9.36. The first kappa shape index (κ1) is 22.4. The zero-order chi connectivity index (χ0) is 23.5. The van der Waals surface area contributed by atoms with Crippen molar-refractivity contribution in [1.29, 1.82) is 0 Å². The summed E-state index contributed by atoms with van der Waals surface area (Å²) in [6.45, 7) is 4.76. The van der Waals surface area contributed by atoms with Gasteiger partial charge in [0.1, 0.15) is 5.82 Å². The van der Waals surface area contributed by atoms with E-state index in [1.165, 1.54) is 17.0 Å². The molecule has 0 N–H and O–H groups in total. The number of aryl methyl sites for hydroxylation is 1. The Morgan fingerprint density at radius 2 is 1.48 bits per heavy atom. The van der Waals surface area contributed by atoms with Crippen LogP contribution in [0.25, 0.3) is 5.69 Å². The number of Topliss-reactive ketones (excluding diaryl/α,β-unsaturated/α-hetero) is 1. The van der Waals surface area contributed by atoms with Crippen LogP contribution in [0.2, 0.25) is 0 Å². The number of carbonyl (C=O) groups is 3. The van der Waals surface area contributed by atoms with Crippen molar-refractivity contribution in [3.05, 3.63) is 82.9 Å². The van der Waals surface area contributed by atoms with Gasteiger partial charge < -0.3 is 9.80 Å². The van der Waals surface area contributed by atoms with Gasteiger partial charge in [0.05, 0.1) is 29.1 Å². The van der Waals surface area contributed by atoms with Crippen LogP contribution >= 0.6 is 0 Å². The molecule has 1 aliphatic heterocycles. The molecule has 0 atom stereocenters. The van der Waals surface area contributed by atoms with E-state index in [9.17, 15) is 18.8 Å². The Morgan fingerprint density at radius 1 is 0.879 bits per heavy atom. The van der Waals surface area contributed by atoms with E-state index >= 15 is 0 Å². The fourth-order valence-electron chi connectivity index (χ4n) is 4.09. The number of ketones is 1. The molecule has 1 saturated heterocycles. The first-order valence-electron chi connectivity index (χ1n) is 10.8. The number of carbonyl (C=O) groups excluding carboxylic acids is 3. The molecule has 3 aromatic rings. The Morgan fingerprint density at radius 3 is 2.12 bits per heavy atom. The molecular formula is C25H25FN4O3. The lowest BCUT2D eigenvalue weighted by Crippen LogP contribution is -2.52. The standard InChI is InChI=1S/C25H25FN4O3/c1-17-23(18(2)30(27-17)21-6-4-3-5-7-21)24(32)25(33)29-14-12-28(13-15-29)22(31)16-19-8-10-20(26)11-9-19/h3-11H,12-16H2,1-2H3. The number of benzene rings is 2. The number of piperazine rings is 1. The van der Waals surface area contributed by atoms with E-state index in [-0.39, 0.29) is 31.2 Å². The van der Waals surface area contributed by atoms with Crippen LogP contribution in [-0.4, -0.2) is 63.4 Å². The van der Waals surface area contributed by atoms with Gasteiger partial charge >= 0.3 is 0 Å². The van der Waals surface area contributed by atoms with Gasteiger partial charge in [-0.25, -0.2) is 9.07 Å². The molecule has 0 aliphatic carbocycles. The molecule has 0 unspecified atom stereocenters. The zero-order valence-corrected chi connectivity index (χ0v) is 18.6. The van der Waals surface area contributed by atoms with Gasteiger partial charge in [0, 0.05) is 26.2 Å². The van der Waals surface area contributed by atoms with Gasteiger partial charge in [-0.1, -0.05) is 30.3 Å². The van der Waals surface area contributed by atoms with Gasteiger partial charge in [0.2, 0.25) is 5.91 Å². The fraction of sp³-hybridized carbons (Fsp3) is 0.280. The Bertz CT molecular complexity index is 1180. The predicted octanol–water partition coefficient (Wildman–Crippen LogP) is 2.72. The molecule has 1 aromatic heterocycles. The summed E-state index contributed by atoms with van der Waals surface area (Å²) in [5.41, 5.74) is 2.99.